The van der Waals surface area contributed by atoms with E-state index < -0.39 is 0 Å². The lowest BCUT2D eigenvalue weighted by molar-refractivity contribution is -0.132. The molecule has 1 amide bonds. The lowest BCUT2D eigenvalue weighted by Gasteiger charge is -2.21. The summed E-state index contributed by atoms with van der Waals surface area (Å²) in [7, 11) is 0. The van der Waals surface area contributed by atoms with Crippen LogP contribution >= 0.6 is 0 Å². The largest absolute Gasteiger partial charge is 0.371 e. The summed E-state index contributed by atoms with van der Waals surface area (Å²) in [5, 5.41) is 3.07. The Hall–Kier alpha value is -1.46. The molecule has 0 aromatic carbocycles. The second-order valence-corrected chi connectivity index (χ2v) is 5.49. The smallest absolute Gasteiger partial charge is 0.249 e. The van der Waals surface area contributed by atoms with Crippen molar-refractivity contribution in [2.24, 2.45) is 0 Å². The van der Waals surface area contributed by atoms with Crippen LogP contribution in [-0.2, 0) is 14.3 Å². The fraction of sp³-hybridized carbons (Fsp3) is 0.600. The van der Waals surface area contributed by atoms with Crippen LogP contribution in [0.3, 0.4) is 0 Å². The molecular formula is C15H20N2O3. The van der Waals surface area contributed by atoms with Crippen molar-refractivity contribution in [1.82, 2.24) is 10.3 Å². The first-order valence-electron chi connectivity index (χ1n) is 7.21. The highest BCUT2D eigenvalue weighted by Crippen LogP contribution is 2.29. The van der Waals surface area contributed by atoms with Crippen molar-refractivity contribution in [1.29, 1.82) is 0 Å². The van der Waals surface area contributed by atoms with Crippen LogP contribution in [-0.4, -0.2) is 35.7 Å². The summed E-state index contributed by atoms with van der Waals surface area (Å²) >= 11 is 0. The molecule has 0 aliphatic carbocycles. The van der Waals surface area contributed by atoms with Gasteiger partial charge in [0, 0.05) is 24.6 Å². The van der Waals surface area contributed by atoms with E-state index >= 15 is 0 Å². The summed E-state index contributed by atoms with van der Waals surface area (Å²) in [6.07, 6.45) is 5.88. The Bertz CT molecular complexity index is 465. The van der Waals surface area contributed by atoms with Crippen molar-refractivity contribution in [3.63, 3.8) is 0 Å². The quantitative estimate of drug-likeness (QED) is 0.911. The summed E-state index contributed by atoms with van der Waals surface area (Å²) in [5.74, 6) is -0.0151. The Morgan fingerprint density at radius 3 is 3.00 bits per heavy atom. The van der Waals surface area contributed by atoms with Gasteiger partial charge in [-0.3, -0.25) is 9.78 Å². The molecule has 1 N–H and O–H groups in total. The van der Waals surface area contributed by atoms with Gasteiger partial charge in [-0.25, -0.2) is 0 Å². The van der Waals surface area contributed by atoms with E-state index in [4.69, 9.17) is 9.47 Å². The third kappa shape index (κ3) is 2.83. The molecule has 0 spiro atoms. The molecular weight excluding hydrogens is 256 g/mol. The minimum Gasteiger partial charge on any atom is -0.371 e. The summed E-state index contributed by atoms with van der Waals surface area (Å²) < 4.78 is 11.3. The first-order chi connectivity index (χ1) is 9.74. The van der Waals surface area contributed by atoms with Crippen molar-refractivity contribution in [2.75, 3.05) is 6.61 Å². The number of carbonyl (C=O) groups excluding carboxylic acids is 1. The van der Waals surface area contributed by atoms with Gasteiger partial charge in [0.2, 0.25) is 5.91 Å². The van der Waals surface area contributed by atoms with Crippen LogP contribution in [0.15, 0.2) is 24.5 Å². The fourth-order valence-corrected chi connectivity index (χ4v) is 2.88. The molecule has 108 valence electrons. The third-order valence-electron chi connectivity index (χ3n) is 3.96. The monoisotopic (exact) mass is 276 g/mol. The van der Waals surface area contributed by atoms with Gasteiger partial charge in [0.05, 0.1) is 12.1 Å². The van der Waals surface area contributed by atoms with Crippen molar-refractivity contribution < 1.29 is 14.3 Å². The molecule has 3 rings (SSSR count). The first-order valence-corrected chi connectivity index (χ1v) is 7.21. The van der Waals surface area contributed by atoms with Gasteiger partial charge in [0.25, 0.3) is 0 Å². The normalized spacial score (nSPS) is 33.2. The van der Waals surface area contributed by atoms with Gasteiger partial charge < -0.3 is 14.8 Å². The Kier molecular flexibility index (Phi) is 3.98. The molecule has 2 aliphatic heterocycles. The average Bonchev–Trinajstić information content (AvgIpc) is 3.09. The molecule has 2 unspecified atom stereocenters. The molecule has 0 radical (unpaired) electrons. The molecule has 20 heavy (non-hydrogen) atoms. The molecule has 3 heterocycles. The van der Waals surface area contributed by atoms with Gasteiger partial charge in [0.15, 0.2) is 0 Å². The zero-order valence-electron chi connectivity index (χ0n) is 11.6. The topological polar surface area (TPSA) is 60.5 Å². The van der Waals surface area contributed by atoms with Crippen LogP contribution < -0.4 is 5.32 Å². The molecule has 2 aliphatic rings. The fourth-order valence-electron chi connectivity index (χ4n) is 2.88. The summed E-state index contributed by atoms with van der Waals surface area (Å²) in [6.45, 7) is 2.66. The van der Waals surface area contributed by atoms with Crippen LogP contribution in [0.25, 0.3) is 0 Å². The van der Waals surface area contributed by atoms with E-state index in [9.17, 15) is 4.79 Å². The number of pyridine rings is 1. The highest BCUT2D eigenvalue weighted by atomic mass is 16.5. The minimum atomic E-state index is -0.305. The second-order valence-electron chi connectivity index (χ2n) is 5.49. The van der Waals surface area contributed by atoms with E-state index in [1.807, 2.05) is 19.1 Å². The summed E-state index contributed by atoms with van der Waals surface area (Å²) in [4.78, 5) is 16.3. The van der Waals surface area contributed by atoms with Crippen molar-refractivity contribution in [2.45, 2.75) is 50.5 Å². The number of ether oxygens (including phenoxy) is 2. The average molecular weight is 276 g/mol. The van der Waals surface area contributed by atoms with E-state index in [0.29, 0.717) is 6.61 Å². The Balaban J connectivity index is 1.63. The first kappa shape index (κ1) is 13.5. The number of aromatic nitrogens is 1. The second kappa shape index (κ2) is 5.89. The van der Waals surface area contributed by atoms with Gasteiger partial charge in [-0.1, -0.05) is 6.07 Å². The predicted octanol–water partition coefficient (Wildman–Crippen LogP) is 1.60. The van der Waals surface area contributed by atoms with Gasteiger partial charge in [-0.15, -0.1) is 0 Å². The zero-order valence-corrected chi connectivity index (χ0v) is 11.6. The van der Waals surface area contributed by atoms with Gasteiger partial charge in [0.1, 0.15) is 12.2 Å². The number of carbonyl (C=O) groups is 1. The molecule has 4 atom stereocenters. The van der Waals surface area contributed by atoms with Gasteiger partial charge >= 0.3 is 0 Å². The number of amides is 1. The zero-order chi connectivity index (χ0) is 13.9. The van der Waals surface area contributed by atoms with Crippen molar-refractivity contribution >= 4 is 5.91 Å². The Morgan fingerprint density at radius 1 is 1.40 bits per heavy atom. The highest BCUT2D eigenvalue weighted by Gasteiger charge is 2.35. The molecule has 0 saturated carbocycles. The number of nitrogens with zero attached hydrogens (tertiary/aromatic N) is 1. The molecule has 1 aromatic heterocycles. The highest BCUT2D eigenvalue weighted by molar-refractivity contribution is 5.81. The number of rotatable bonds is 3. The van der Waals surface area contributed by atoms with Crippen LogP contribution in [0.4, 0.5) is 0 Å². The summed E-state index contributed by atoms with van der Waals surface area (Å²) in [6, 6.07) is 3.87. The van der Waals surface area contributed by atoms with E-state index in [-0.39, 0.29) is 30.3 Å². The van der Waals surface area contributed by atoms with E-state index in [2.05, 4.69) is 10.3 Å². The summed E-state index contributed by atoms with van der Waals surface area (Å²) in [5.41, 5.74) is 1.01. The maximum atomic E-state index is 12.2. The third-order valence-corrected chi connectivity index (χ3v) is 3.96. The van der Waals surface area contributed by atoms with Crippen molar-refractivity contribution in [3.05, 3.63) is 30.1 Å². The maximum Gasteiger partial charge on any atom is 0.249 e. The predicted molar refractivity (Wildman–Crippen MR) is 73.0 cm³/mol. The van der Waals surface area contributed by atoms with Gasteiger partial charge in [-0.2, -0.15) is 0 Å². The molecule has 0 bridgehead atoms. The lowest BCUT2D eigenvalue weighted by atomic mass is 10.0. The Morgan fingerprint density at radius 2 is 2.30 bits per heavy atom. The van der Waals surface area contributed by atoms with E-state index in [1.165, 1.54) is 0 Å². The molecule has 1 aromatic rings. The minimum absolute atomic E-state index is 0.00575. The molecule has 2 fully saturated rings. The van der Waals surface area contributed by atoms with Crippen LogP contribution in [0.1, 0.15) is 37.9 Å². The SMILES string of the molecule is CC1CCC(C(=O)N[C@H]2CCO[C@@H]2c2cccnc2)O1. The van der Waals surface area contributed by atoms with E-state index in [0.717, 1.165) is 24.8 Å². The maximum absolute atomic E-state index is 12.2. The molecule has 5 nitrogen and oxygen atoms in total. The van der Waals surface area contributed by atoms with Crippen LogP contribution in [0.5, 0.6) is 0 Å². The number of hydrogen-bond acceptors (Lipinski definition) is 4. The van der Waals surface area contributed by atoms with Gasteiger partial charge in [-0.05, 0) is 32.3 Å². The number of hydrogen-bond donors (Lipinski definition) is 1. The van der Waals surface area contributed by atoms with E-state index in [1.54, 1.807) is 12.4 Å². The van der Waals surface area contributed by atoms with Crippen LogP contribution in [0.2, 0.25) is 0 Å². The standard InChI is InChI=1S/C15H20N2O3/c1-10-4-5-13(20-10)15(18)17-12-6-8-19-14(12)11-3-2-7-16-9-11/h2-3,7,9-10,12-14H,4-6,8H2,1H3,(H,17,18)/t10?,12-,13?,14+/m0/s1. The molecule has 5 heteroatoms. The number of nitrogens with one attached hydrogen (secondary N) is 1. The molecule has 2 saturated heterocycles. The van der Waals surface area contributed by atoms with Crippen molar-refractivity contribution in [3.8, 4) is 0 Å². The Labute approximate surface area is 118 Å². The lowest BCUT2D eigenvalue weighted by Crippen LogP contribution is -2.42. The van der Waals surface area contributed by atoms with Crippen LogP contribution in [0, 0.1) is 0 Å².